The minimum atomic E-state index is -0.902. The Labute approximate surface area is 211 Å². The highest BCUT2D eigenvalue weighted by atomic mass is 16.6. The first-order valence-corrected chi connectivity index (χ1v) is 12.2. The van der Waals surface area contributed by atoms with Crippen molar-refractivity contribution in [1.29, 1.82) is 0 Å². The van der Waals surface area contributed by atoms with Crippen LogP contribution in [0.1, 0.15) is 36.8 Å². The van der Waals surface area contributed by atoms with Crippen molar-refractivity contribution < 1.29 is 28.6 Å². The van der Waals surface area contributed by atoms with E-state index in [9.17, 15) is 14.7 Å². The number of ether oxygens (including phenoxy) is 2. The van der Waals surface area contributed by atoms with Crippen molar-refractivity contribution in [3.05, 3.63) is 71.6 Å². The summed E-state index contributed by atoms with van der Waals surface area (Å²) in [5.41, 5.74) is 2.73. The van der Waals surface area contributed by atoms with Gasteiger partial charge < -0.3 is 23.9 Å². The number of aryl methyl sites for hydroxylation is 1. The quantitative estimate of drug-likeness (QED) is 0.340. The minimum Gasteiger partial charge on any atom is -0.493 e. The van der Waals surface area contributed by atoms with E-state index in [0.29, 0.717) is 37.7 Å². The lowest BCUT2D eigenvalue weighted by Gasteiger charge is -2.23. The van der Waals surface area contributed by atoms with Crippen molar-refractivity contribution in [3.8, 4) is 17.2 Å². The van der Waals surface area contributed by atoms with Crippen molar-refractivity contribution >= 4 is 12.1 Å². The average Bonchev–Trinajstić information content (AvgIpc) is 3.23. The van der Waals surface area contributed by atoms with Gasteiger partial charge in [-0.2, -0.15) is 0 Å². The fourth-order valence-electron chi connectivity index (χ4n) is 3.93. The zero-order valence-electron chi connectivity index (χ0n) is 21.1. The summed E-state index contributed by atoms with van der Waals surface area (Å²) in [6.45, 7) is 4.87. The fourth-order valence-corrected chi connectivity index (χ4v) is 3.93. The van der Waals surface area contributed by atoms with E-state index in [0.717, 1.165) is 29.0 Å². The van der Waals surface area contributed by atoms with Gasteiger partial charge in [0.2, 0.25) is 5.89 Å². The molecule has 3 aromatic rings. The highest BCUT2D eigenvalue weighted by molar-refractivity contribution is 5.68. The van der Waals surface area contributed by atoms with Gasteiger partial charge in [-0.3, -0.25) is 4.79 Å². The predicted molar refractivity (Wildman–Crippen MR) is 136 cm³/mol. The van der Waals surface area contributed by atoms with Crippen LogP contribution in [0.15, 0.2) is 59.0 Å². The largest absolute Gasteiger partial charge is 0.493 e. The number of aliphatic carboxylic acids is 1. The smallest absolute Gasteiger partial charge is 0.409 e. The van der Waals surface area contributed by atoms with Crippen LogP contribution in [-0.2, 0) is 22.4 Å². The molecular weight excluding hydrogens is 460 g/mol. The molecule has 1 aromatic heterocycles. The maximum Gasteiger partial charge on any atom is 0.409 e. The molecular formula is C28H34N2O6. The number of aromatic nitrogens is 1. The Morgan fingerprint density at radius 1 is 1.11 bits per heavy atom. The van der Waals surface area contributed by atoms with E-state index in [2.05, 4.69) is 4.98 Å². The molecule has 0 radical (unpaired) electrons. The summed E-state index contributed by atoms with van der Waals surface area (Å²) < 4.78 is 16.9. The Morgan fingerprint density at radius 2 is 1.89 bits per heavy atom. The molecule has 0 fully saturated rings. The number of hydrogen-bond acceptors (Lipinski definition) is 6. The van der Waals surface area contributed by atoms with Gasteiger partial charge in [0.05, 0.1) is 25.3 Å². The Hall–Kier alpha value is -3.81. The predicted octanol–water partition coefficient (Wildman–Crippen LogP) is 5.38. The second-order valence-corrected chi connectivity index (χ2v) is 8.80. The number of carbonyl (C=O) groups excluding carboxylic acids is 1. The number of carboxylic acid groups (broad SMARTS) is 1. The first-order chi connectivity index (χ1) is 17.4. The van der Waals surface area contributed by atoms with Crippen molar-refractivity contribution in [2.24, 2.45) is 5.92 Å². The van der Waals surface area contributed by atoms with Crippen LogP contribution < -0.4 is 4.74 Å². The van der Waals surface area contributed by atoms with E-state index in [-0.39, 0.29) is 18.9 Å². The summed E-state index contributed by atoms with van der Waals surface area (Å²) in [6.07, 6.45) is 1.33. The minimum absolute atomic E-state index is 0.0499. The molecule has 0 aliphatic rings. The third-order valence-electron chi connectivity index (χ3n) is 5.68. The maximum absolute atomic E-state index is 12.1. The molecule has 1 heterocycles. The van der Waals surface area contributed by atoms with Crippen LogP contribution in [-0.4, -0.2) is 53.9 Å². The molecule has 0 unspecified atom stereocenters. The zero-order valence-corrected chi connectivity index (χ0v) is 21.1. The van der Waals surface area contributed by atoms with Crippen LogP contribution in [0.2, 0.25) is 0 Å². The van der Waals surface area contributed by atoms with Crippen LogP contribution in [0.4, 0.5) is 4.79 Å². The Bertz CT molecular complexity index is 1130. The molecule has 1 atom stereocenters. The number of hydrogen-bond donors (Lipinski definition) is 1. The van der Waals surface area contributed by atoms with E-state index >= 15 is 0 Å². The molecule has 8 heteroatoms. The monoisotopic (exact) mass is 494 g/mol. The number of nitrogens with zero attached hydrogens (tertiary/aromatic N) is 2. The molecule has 1 N–H and O–H groups in total. The number of carbonyl (C=O) groups is 2. The molecule has 3 rings (SSSR count). The lowest BCUT2D eigenvalue weighted by atomic mass is 9.95. The number of oxazole rings is 1. The van der Waals surface area contributed by atoms with Crippen molar-refractivity contribution in [2.75, 3.05) is 26.8 Å². The molecule has 8 nitrogen and oxygen atoms in total. The maximum atomic E-state index is 12.1. The third kappa shape index (κ3) is 8.15. The average molecular weight is 495 g/mol. The van der Waals surface area contributed by atoms with Gasteiger partial charge in [0.25, 0.3) is 0 Å². The van der Waals surface area contributed by atoms with Gasteiger partial charge in [-0.1, -0.05) is 37.3 Å². The number of benzene rings is 2. The van der Waals surface area contributed by atoms with E-state index in [1.807, 2.05) is 68.4 Å². The van der Waals surface area contributed by atoms with Crippen LogP contribution >= 0.6 is 0 Å². The number of carboxylic acids is 1. The summed E-state index contributed by atoms with van der Waals surface area (Å²) in [6, 6.07) is 17.4. The summed E-state index contributed by atoms with van der Waals surface area (Å²) in [4.78, 5) is 29.6. The summed E-state index contributed by atoms with van der Waals surface area (Å²) >= 11 is 0. The zero-order chi connectivity index (χ0) is 25.9. The van der Waals surface area contributed by atoms with Gasteiger partial charge in [-0.15, -0.1) is 0 Å². The fraction of sp³-hybridized carbons (Fsp3) is 0.393. The van der Waals surface area contributed by atoms with Gasteiger partial charge in [-0.05, 0) is 55.5 Å². The van der Waals surface area contributed by atoms with Crippen LogP contribution in [0.3, 0.4) is 0 Å². The van der Waals surface area contributed by atoms with Crippen molar-refractivity contribution in [2.45, 2.75) is 39.5 Å². The van der Waals surface area contributed by atoms with Gasteiger partial charge in [0.1, 0.15) is 11.5 Å². The second-order valence-electron chi connectivity index (χ2n) is 8.80. The molecule has 0 spiro atoms. The first-order valence-electron chi connectivity index (χ1n) is 12.2. The standard InChI is InChI=1S/C28H34N2O6/c1-4-14-35-28(33)30(3)19-22(18-26(31)32)16-21-9-8-12-24(17-21)34-15-13-25-20(2)36-27(29-25)23-10-6-5-7-11-23/h5-12,17,22H,4,13-16,18-19H2,1-3H3,(H,31,32)/t22-/m0/s1. The summed E-state index contributed by atoms with van der Waals surface area (Å²) in [7, 11) is 1.63. The lowest BCUT2D eigenvalue weighted by molar-refractivity contribution is -0.138. The number of rotatable bonds is 13. The lowest BCUT2D eigenvalue weighted by Crippen LogP contribution is -2.34. The molecule has 0 saturated heterocycles. The molecule has 0 saturated carbocycles. The van der Waals surface area contributed by atoms with E-state index in [4.69, 9.17) is 13.9 Å². The molecule has 0 bridgehead atoms. The third-order valence-corrected chi connectivity index (χ3v) is 5.68. The van der Waals surface area contributed by atoms with Crippen molar-refractivity contribution in [3.63, 3.8) is 0 Å². The summed E-state index contributed by atoms with van der Waals surface area (Å²) in [5.74, 6) is 0.899. The van der Waals surface area contributed by atoms with E-state index in [1.165, 1.54) is 4.90 Å². The topological polar surface area (TPSA) is 102 Å². The van der Waals surface area contributed by atoms with Gasteiger partial charge >= 0.3 is 12.1 Å². The first kappa shape index (κ1) is 26.8. The van der Waals surface area contributed by atoms with E-state index < -0.39 is 12.1 Å². The molecule has 0 aliphatic carbocycles. The Morgan fingerprint density at radius 3 is 2.61 bits per heavy atom. The van der Waals surface area contributed by atoms with Crippen molar-refractivity contribution in [1.82, 2.24) is 9.88 Å². The molecule has 0 aliphatic heterocycles. The molecule has 192 valence electrons. The Balaban J connectivity index is 1.57. The normalized spacial score (nSPS) is 11.6. The summed E-state index contributed by atoms with van der Waals surface area (Å²) in [5, 5.41) is 9.36. The van der Waals surface area contributed by atoms with E-state index in [1.54, 1.807) is 7.05 Å². The molecule has 36 heavy (non-hydrogen) atoms. The van der Waals surface area contributed by atoms with Crippen LogP contribution in [0.25, 0.3) is 11.5 Å². The molecule has 1 amide bonds. The number of amides is 1. The Kier molecular flexibility index (Phi) is 9.92. The van der Waals surface area contributed by atoms with Crippen LogP contribution in [0.5, 0.6) is 5.75 Å². The van der Waals surface area contributed by atoms with Gasteiger partial charge in [-0.25, -0.2) is 9.78 Å². The second kappa shape index (κ2) is 13.3. The van der Waals surface area contributed by atoms with Gasteiger partial charge in [0, 0.05) is 25.6 Å². The SMILES string of the molecule is CCCOC(=O)N(C)C[C@H](CC(=O)O)Cc1cccc(OCCc2nc(-c3ccccc3)oc2C)c1. The van der Waals surface area contributed by atoms with Crippen LogP contribution in [0, 0.1) is 12.8 Å². The highest BCUT2D eigenvalue weighted by Crippen LogP contribution is 2.23. The molecule has 2 aromatic carbocycles. The van der Waals surface area contributed by atoms with Gasteiger partial charge in [0.15, 0.2) is 0 Å². The highest BCUT2D eigenvalue weighted by Gasteiger charge is 2.20.